The number of nitriles is 1. The third-order valence-corrected chi connectivity index (χ3v) is 2.75. The molecule has 0 radical (unpaired) electrons. The summed E-state index contributed by atoms with van der Waals surface area (Å²) in [5.41, 5.74) is 1.48. The van der Waals surface area contributed by atoms with Gasteiger partial charge in [-0.05, 0) is 25.5 Å². The fourth-order valence-electron chi connectivity index (χ4n) is 1.65. The molecule has 96 valence electrons. The number of aromatic nitrogens is 1. The van der Waals surface area contributed by atoms with Crippen LogP contribution in [0.5, 0.6) is 0 Å². The molecule has 4 nitrogen and oxygen atoms in total. The van der Waals surface area contributed by atoms with Crippen LogP contribution >= 0.6 is 0 Å². The summed E-state index contributed by atoms with van der Waals surface area (Å²) in [6.07, 6.45) is 4.51. The van der Waals surface area contributed by atoms with Gasteiger partial charge in [-0.3, -0.25) is 4.79 Å². The summed E-state index contributed by atoms with van der Waals surface area (Å²) >= 11 is 0. The van der Waals surface area contributed by atoms with E-state index in [-0.39, 0.29) is 5.91 Å². The molecule has 0 unspecified atom stereocenters. The highest BCUT2D eigenvalue weighted by atomic mass is 16.1. The molecule has 1 aromatic heterocycles. The number of aryl methyl sites for hydroxylation is 1. The summed E-state index contributed by atoms with van der Waals surface area (Å²) in [5.74, 6) is -0.168. The number of carbonyl (C=O) groups is 1. The fourth-order valence-corrected chi connectivity index (χ4v) is 1.65. The first-order valence-electron chi connectivity index (χ1n) is 6.35. The van der Waals surface area contributed by atoms with E-state index in [0.717, 1.165) is 12.8 Å². The van der Waals surface area contributed by atoms with Crippen LogP contribution in [0.1, 0.15) is 54.4 Å². The first-order chi connectivity index (χ1) is 8.69. The van der Waals surface area contributed by atoms with Gasteiger partial charge >= 0.3 is 0 Å². The van der Waals surface area contributed by atoms with Crippen molar-refractivity contribution in [2.75, 3.05) is 6.54 Å². The second-order valence-corrected chi connectivity index (χ2v) is 4.26. The number of nitrogens with zero attached hydrogens (tertiary/aromatic N) is 2. The summed E-state index contributed by atoms with van der Waals surface area (Å²) in [6, 6.07) is 5.26. The lowest BCUT2D eigenvalue weighted by molar-refractivity contribution is 0.0948. The van der Waals surface area contributed by atoms with Crippen LogP contribution in [0.25, 0.3) is 0 Å². The minimum absolute atomic E-state index is 0.168. The van der Waals surface area contributed by atoms with Gasteiger partial charge < -0.3 is 5.32 Å². The molecule has 0 saturated heterocycles. The molecule has 0 aliphatic heterocycles. The van der Waals surface area contributed by atoms with E-state index in [1.165, 1.54) is 12.8 Å². The zero-order valence-electron chi connectivity index (χ0n) is 11.0. The van der Waals surface area contributed by atoms with Gasteiger partial charge in [0.2, 0.25) is 0 Å². The average molecular weight is 245 g/mol. The number of rotatable bonds is 6. The minimum atomic E-state index is -0.168. The van der Waals surface area contributed by atoms with Gasteiger partial charge in [-0.2, -0.15) is 5.26 Å². The molecule has 0 spiro atoms. The predicted molar refractivity (Wildman–Crippen MR) is 70.2 cm³/mol. The monoisotopic (exact) mass is 245 g/mol. The van der Waals surface area contributed by atoms with E-state index in [0.29, 0.717) is 23.5 Å². The number of carbonyl (C=O) groups excluding carboxylic acids is 1. The molecular weight excluding hydrogens is 226 g/mol. The zero-order valence-corrected chi connectivity index (χ0v) is 11.0. The van der Waals surface area contributed by atoms with Crippen LogP contribution in [-0.4, -0.2) is 17.4 Å². The van der Waals surface area contributed by atoms with Crippen molar-refractivity contribution in [1.29, 1.82) is 5.26 Å². The van der Waals surface area contributed by atoms with Crippen LogP contribution in [0, 0.1) is 18.3 Å². The van der Waals surface area contributed by atoms with Gasteiger partial charge in [0.05, 0.1) is 11.3 Å². The molecular formula is C14H19N3O. The van der Waals surface area contributed by atoms with Crippen molar-refractivity contribution in [2.24, 2.45) is 0 Å². The largest absolute Gasteiger partial charge is 0.351 e. The molecule has 0 fully saturated rings. The second-order valence-electron chi connectivity index (χ2n) is 4.26. The van der Waals surface area contributed by atoms with Crippen molar-refractivity contribution in [3.05, 3.63) is 29.1 Å². The smallest absolute Gasteiger partial charge is 0.269 e. The van der Waals surface area contributed by atoms with E-state index in [1.54, 1.807) is 19.1 Å². The lowest BCUT2D eigenvalue weighted by Gasteiger charge is -2.05. The van der Waals surface area contributed by atoms with Crippen LogP contribution in [0.2, 0.25) is 0 Å². The summed E-state index contributed by atoms with van der Waals surface area (Å²) in [5, 5.41) is 11.6. The number of hydrogen-bond acceptors (Lipinski definition) is 3. The molecule has 0 aromatic carbocycles. The van der Waals surface area contributed by atoms with Gasteiger partial charge in [-0.15, -0.1) is 0 Å². The molecule has 18 heavy (non-hydrogen) atoms. The Morgan fingerprint density at radius 2 is 2.17 bits per heavy atom. The van der Waals surface area contributed by atoms with Crippen molar-refractivity contribution in [2.45, 2.75) is 39.5 Å². The van der Waals surface area contributed by atoms with Crippen molar-refractivity contribution in [1.82, 2.24) is 10.3 Å². The van der Waals surface area contributed by atoms with Gasteiger partial charge in [0.25, 0.3) is 5.91 Å². The summed E-state index contributed by atoms with van der Waals surface area (Å²) in [4.78, 5) is 15.9. The van der Waals surface area contributed by atoms with E-state index < -0.39 is 0 Å². The number of pyridine rings is 1. The number of nitrogens with one attached hydrogen (secondary N) is 1. The standard InChI is InChI=1S/C14H19N3O/c1-3-4-5-6-9-16-14(18)13-8-7-12(10-15)11(2)17-13/h7-8H,3-6,9H2,1-2H3,(H,16,18). The highest BCUT2D eigenvalue weighted by Crippen LogP contribution is 2.05. The summed E-state index contributed by atoms with van der Waals surface area (Å²) in [6.45, 7) is 4.57. The van der Waals surface area contributed by atoms with E-state index in [2.05, 4.69) is 17.2 Å². The third-order valence-electron chi connectivity index (χ3n) is 2.75. The predicted octanol–water partition coefficient (Wildman–Crippen LogP) is 2.57. The topological polar surface area (TPSA) is 65.8 Å². The van der Waals surface area contributed by atoms with E-state index in [4.69, 9.17) is 5.26 Å². The number of unbranched alkanes of at least 4 members (excludes halogenated alkanes) is 3. The lowest BCUT2D eigenvalue weighted by Crippen LogP contribution is -2.25. The normalized spacial score (nSPS) is 9.83. The maximum atomic E-state index is 11.8. The Labute approximate surface area is 108 Å². The van der Waals surface area contributed by atoms with Crippen molar-refractivity contribution in [3.8, 4) is 6.07 Å². The SMILES string of the molecule is CCCCCCNC(=O)c1ccc(C#N)c(C)n1. The molecule has 0 aliphatic carbocycles. The van der Waals surface area contributed by atoms with Crippen LogP contribution in [0.4, 0.5) is 0 Å². The first kappa shape index (κ1) is 14.2. The molecule has 0 saturated carbocycles. The van der Waals surface area contributed by atoms with Crippen LogP contribution in [0.3, 0.4) is 0 Å². The van der Waals surface area contributed by atoms with Crippen LogP contribution in [-0.2, 0) is 0 Å². The molecule has 1 amide bonds. The van der Waals surface area contributed by atoms with Crippen molar-refractivity contribution < 1.29 is 4.79 Å². The molecule has 4 heteroatoms. The maximum Gasteiger partial charge on any atom is 0.269 e. The van der Waals surface area contributed by atoms with Gasteiger partial charge in [-0.25, -0.2) is 4.98 Å². The van der Waals surface area contributed by atoms with E-state index >= 15 is 0 Å². The maximum absolute atomic E-state index is 11.8. The number of amides is 1. The molecule has 0 aliphatic rings. The van der Waals surface area contributed by atoms with Gasteiger partial charge in [0.15, 0.2) is 0 Å². The van der Waals surface area contributed by atoms with Crippen molar-refractivity contribution in [3.63, 3.8) is 0 Å². The number of hydrogen-bond donors (Lipinski definition) is 1. The highest BCUT2D eigenvalue weighted by Gasteiger charge is 2.08. The lowest BCUT2D eigenvalue weighted by atomic mass is 10.2. The Hall–Kier alpha value is -1.89. The Kier molecular flexibility index (Phi) is 5.86. The Balaban J connectivity index is 2.47. The molecule has 1 heterocycles. The van der Waals surface area contributed by atoms with Gasteiger partial charge in [-0.1, -0.05) is 26.2 Å². The third kappa shape index (κ3) is 4.17. The Bertz CT molecular complexity index is 449. The Morgan fingerprint density at radius 3 is 2.78 bits per heavy atom. The van der Waals surface area contributed by atoms with Crippen LogP contribution in [0.15, 0.2) is 12.1 Å². The molecule has 1 N–H and O–H groups in total. The van der Waals surface area contributed by atoms with Crippen LogP contribution < -0.4 is 5.32 Å². The summed E-state index contributed by atoms with van der Waals surface area (Å²) in [7, 11) is 0. The highest BCUT2D eigenvalue weighted by molar-refractivity contribution is 5.92. The van der Waals surface area contributed by atoms with Gasteiger partial charge in [0.1, 0.15) is 11.8 Å². The van der Waals surface area contributed by atoms with Gasteiger partial charge in [0, 0.05) is 6.54 Å². The fraction of sp³-hybridized carbons (Fsp3) is 0.500. The zero-order chi connectivity index (χ0) is 13.4. The van der Waals surface area contributed by atoms with Crippen molar-refractivity contribution >= 4 is 5.91 Å². The quantitative estimate of drug-likeness (QED) is 0.783. The minimum Gasteiger partial charge on any atom is -0.351 e. The van der Waals surface area contributed by atoms with E-state index in [9.17, 15) is 4.79 Å². The molecule has 0 atom stereocenters. The van der Waals surface area contributed by atoms with E-state index in [1.807, 2.05) is 6.07 Å². The Morgan fingerprint density at radius 1 is 1.39 bits per heavy atom. The summed E-state index contributed by atoms with van der Waals surface area (Å²) < 4.78 is 0. The molecule has 0 bridgehead atoms. The first-order valence-corrected chi connectivity index (χ1v) is 6.35. The second kappa shape index (κ2) is 7.44. The average Bonchev–Trinajstić information content (AvgIpc) is 2.38. The molecule has 1 aromatic rings. The molecule has 1 rings (SSSR count).